The molecule has 0 unspecified atom stereocenters. The van der Waals surface area contributed by atoms with Crippen LogP contribution < -0.4 is 5.32 Å². The number of allylic oxidation sites excluding steroid dienone is 1. The zero-order valence-electron chi connectivity index (χ0n) is 8.68. The Morgan fingerprint density at radius 3 is 2.69 bits per heavy atom. The number of piperazine rings is 1. The van der Waals surface area contributed by atoms with E-state index in [2.05, 4.69) is 23.2 Å². The minimum Gasteiger partial charge on any atom is -0.500 e. The van der Waals surface area contributed by atoms with Crippen LogP contribution in [0.5, 0.6) is 0 Å². The van der Waals surface area contributed by atoms with Crippen molar-refractivity contribution in [2.24, 2.45) is 0 Å². The Hall–Kier alpha value is -0.540. The van der Waals surface area contributed by atoms with Crippen molar-refractivity contribution >= 4 is 0 Å². The van der Waals surface area contributed by atoms with Crippen molar-refractivity contribution in [2.75, 3.05) is 39.8 Å². The first-order valence-corrected chi connectivity index (χ1v) is 5.03. The Balaban J connectivity index is 2.31. The number of hydrogen-bond acceptors (Lipinski definition) is 3. The summed E-state index contributed by atoms with van der Waals surface area (Å²) in [5.41, 5.74) is 0. The molecule has 0 aromatic rings. The van der Waals surface area contributed by atoms with Gasteiger partial charge in [-0.05, 0) is 12.5 Å². The van der Waals surface area contributed by atoms with Gasteiger partial charge in [-0.25, -0.2) is 0 Å². The summed E-state index contributed by atoms with van der Waals surface area (Å²) in [5, 5.41) is 3.34. The molecule has 1 rings (SSSR count). The molecule has 1 heterocycles. The maximum absolute atomic E-state index is 5.29. The average molecular weight is 184 g/mol. The molecule has 0 saturated carbocycles. The molecular formula is C10H20N2O. The molecule has 0 radical (unpaired) electrons. The normalized spacial score (nSPS) is 20.3. The van der Waals surface area contributed by atoms with Gasteiger partial charge >= 0.3 is 0 Å². The number of ether oxygens (including phenoxy) is 1. The van der Waals surface area contributed by atoms with Gasteiger partial charge in [0.15, 0.2) is 0 Å². The predicted octanol–water partition coefficient (Wildman–Crippen LogP) is 0.832. The highest BCUT2D eigenvalue weighted by atomic mass is 16.5. The molecule has 1 fully saturated rings. The molecule has 1 saturated heterocycles. The summed E-state index contributed by atoms with van der Waals surface area (Å²) in [6, 6.07) is 0. The van der Waals surface area contributed by atoms with Crippen LogP contribution in [0.1, 0.15) is 13.3 Å². The number of hydrogen-bond donors (Lipinski definition) is 1. The van der Waals surface area contributed by atoms with Crippen molar-refractivity contribution in [1.29, 1.82) is 0 Å². The van der Waals surface area contributed by atoms with Gasteiger partial charge in [0.25, 0.3) is 0 Å². The lowest BCUT2D eigenvalue weighted by Gasteiger charge is -2.27. The van der Waals surface area contributed by atoms with Gasteiger partial charge in [0.1, 0.15) is 5.76 Å². The first kappa shape index (κ1) is 10.5. The van der Waals surface area contributed by atoms with Crippen LogP contribution in [0.2, 0.25) is 0 Å². The van der Waals surface area contributed by atoms with Crippen molar-refractivity contribution in [3.05, 3.63) is 11.8 Å². The zero-order valence-corrected chi connectivity index (χ0v) is 8.68. The van der Waals surface area contributed by atoms with E-state index in [1.54, 1.807) is 7.11 Å². The van der Waals surface area contributed by atoms with Gasteiger partial charge in [-0.3, -0.25) is 4.90 Å². The van der Waals surface area contributed by atoms with E-state index < -0.39 is 0 Å². The molecule has 0 atom stereocenters. The predicted molar refractivity (Wildman–Crippen MR) is 54.7 cm³/mol. The minimum atomic E-state index is 0.964. The molecule has 1 aliphatic rings. The molecule has 0 aromatic heterocycles. The number of rotatable bonds is 4. The molecule has 0 aliphatic carbocycles. The van der Waals surface area contributed by atoms with Crippen LogP contribution in [0.4, 0.5) is 0 Å². The Kier molecular flexibility index (Phi) is 4.86. The van der Waals surface area contributed by atoms with Crippen LogP contribution in [0, 0.1) is 0 Å². The van der Waals surface area contributed by atoms with Crippen LogP contribution in [-0.2, 0) is 4.74 Å². The van der Waals surface area contributed by atoms with E-state index in [1.807, 2.05) is 0 Å². The highest BCUT2D eigenvalue weighted by Crippen LogP contribution is 2.02. The standard InChI is InChI=1S/C10H20N2O/c1-3-4-10(13-2)9-12-7-5-11-6-8-12/h4,11H,3,5-9H2,1-2H3/b10-4+. The van der Waals surface area contributed by atoms with E-state index in [0.29, 0.717) is 0 Å². The number of nitrogens with zero attached hydrogens (tertiary/aromatic N) is 1. The first-order valence-electron chi connectivity index (χ1n) is 5.03. The number of methoxy groups -OCH3 is 1. The molecule has 0 bridgehead atoms. The molecule has 0 aromatic carbocycles. The average Bonchev–Trinajstić information content (AvgIpc) is 2.19. The quantitative estimate of drug-likeness (QED) is 0.655. The molecule has 3 heteroatoms. The molecule has 13 heavy (non-hydrogen) atoms. The fourth-order valence-corrected chi connectivity index (χ4v) is 1.53. The van der Waals surface area contributed by atoms with E-state index in [-0.39, 0.29) is 0 Å². The van der Waals surface area contributed by atoms with Crippen molar-refractivity contribution in [2.45, 2.75) is 13.3 Å². The van der Waals surface area contributed by atoms with Crippen LogP contribution in [0.25, 0.3) is 0 Å². The molecule has 0 amide bonds. The minimum absolute atomic E-state index is 0.964. The van der Waals surface area contributed by atoms with Gasteiger partial charge in [0.2, 0.25) is 0 Å². The SMILES string of the molecule is CC/C=C(\CN1CCNCC1)OC. The molecular weight excluding hydrogens is 164 g/mol. The van der Waals surface area contributed by atoms with Crippen LogP contribution in [0.3, 0.4) is 0 Å². The van der Waals surface area contributed by atoms with Gasteiger partial charge in [0.05, 0.1) is 13.7 Å². The lowest BCUT2D eigenvalue weighted by atomic mass is 10.3. The Bertz CT molecular complexity index is 162. The van der Waals surface area contributed by atoms with Crippen LogP contribution in [-0.4, -0.2) is 44.7 Å². The molecule has 1 aliphatic heterocycles. The maximum atomic E-state index is 5.29. The summed E-state index contributed by atoms with van der Waals surface area (Å²) < 4.78 is 5.29. The van der Waals surface area contributed by atoms with Crippen molar-refractivity contribution in [3.8, 4) is 0 Å². The van der Waals surface area contributed by atoms with Crippen LogP contribution >= 0.6 is 0 Å². The summed E-state index contributed by atoms with van der Waals surface area (Å²) >= 11 is 0. The monoisotopic (exact) mass is 184 g/mol. The second-order valence-electron chi connectivity index (χ2n) is 3.31. The third-order valence-corrected chi connectivity index (χ3v) is 2.28. The number of nitrogens with one attached hydrogen (secondary N) is 1. The first-order chi connectivity index (χ1) is 6.36. The second-order valence-corrected chi connectivity index (χ2v) is 3.31. The van der Waals surface area contributed by atoms with Gasteiger partial charge in [-0.1, -0.05) is 6.92 Å². The highest BCUT2D eigenvalue weighted by Gasteiger charge is 2.10. The fraction of sp³-hybridized carbons (Fsp3) is 0.800. The van der Waals surface area contributed by atoms with Gasteiger partial charge in [-0.2, -0.15) is 0 Å². The molecule has 1 N–H and O–H groups in total. The van der Waals surface area contributed by atoms with Crippen LogP contribution in [0.15, 0.2) is 11.8 Å². The second kappa shape index (κ2) is 6.00. The molecule has 3 nitrogen and oxygen atoms in total. The van der Waals surface area contributed by atoms with Crippen molar-refractivity contribution in [3.63, 3.8) is 0 Å². The Morgan fingerprint density at radius 1 is 1.46 bits per heavy atom. The fourth-order valence-electron chi connectivity index (χ4n) is 1.53. The van der Waals surface area contributed by atoms with Gasteiger partial charge < -0.3 is 10.1 Å². The topological polar surface area (TPSA) is 24.5 Å². The third kappa shape index (κ3) is 3.79. The van der Waals surface area contributed by atoms with Gasteiger partial charge in [-0.15, -0.1) is 0 Å². The van der Waals surface area contributed by atoms with E-state index in [4.69, 9.17) is 4.74 Å². The smallest absolute Gasteiger partial charge is 0.106 e. The maximum Gasteiger partial charge on any atom is 0.106 e. The Morgan fingerprint density at radius 2 is 2.15 bits per heavy atom. The lowest BCUT2D eigenvalue weighted by Crippen LogP contribution is -2.44. The highest BCUT2D eigenvalue weighted by molar-refractivity contribution is 4.95. The Labute approximate surface area is 80.8 Å². The van der Waals surface area contributed by atoms with E-state index in [0.717, 1.165) is 44.9 Å². The van der Waals surface area contributed by atoms with E-state index >= 15 is 0 Å². The summed E-state index contributed by atoms with van der Waals surface area (Å²) in [6.45, 7) is 7.56. The van der Waals surface area contributed by atoms with E-state index in [1.165, 1.54) is 0 Å². The molecule has 76 valence electrons. The third-order valence-electron chi connectivity index (χ3n) is 2.28. The summed E-state index contributed by atoms with van der Waals surface area (Å²) in [6.07, 6.45) is 3.21. The lowest BCUT2D eigenvalue weighted by molar-refractivity contribution is 0.196. The van der Waals surface area contributed by atoms with Gasteiger partial charge in [0, 0.05) is 26.2 Å². The summed E-state index contributed by atoms with van der Waals surface area (Å²) in [7, 11) is 1.75. The largest absolute Gasteiger partial charge is 0.500 e. The van der Waals surface area contributed by atoms with Crippen molar-refractivity contribution < 1.29 is 4.74 Å². The summed E-state index contributed by atoms with van der Waals surface area (Å²) in [4.78, 5) is 2.42. The van der Waals surface area contributed by atoms with E-state index in [9.17, 15) is 0 Å². The van der Waals surface area contributed by atoms with Crippen molar-refractivity contribution in [1.82, 2.24) is 10.2 Å². The summed E-state index contributed by atoms with van der Waals surface area (Å²) in [5.74, 6) is 1.10. The molecule has 0 spiro atoms. The zero-order chi connectivity index (χ0) is 9.52.